The molecule has 0 saturated carbocycles. The molecule has 0 fully saturated rings. The van der Waals surface area contributed by atoms with Crippen LogP contribution in [0.2, 0.25) is 0 Å². The Morgan fingerprint density at radius 3 is 2.08 bits per heavy atom. The molecule has 0 heterocycles. The number of hydrogen-bond acceptors (Lipinski definition) is 2. The van der Waals surface area contributed by atoms with Crippen molar-refractivity contribution < 1.29 is 0 Å². The molecule has 12 heavy (non-hydrogen) atoms. The molecule has 0 amide bonds. The van der Waals surface area contributed by atoms with Gasteiger partial charge in [-0.05, 0) is 18.6 Å². The highest BCUT2D eigenvalue weighted by Crippen LogP contribution is 2.40. The van der Waals surface area contributed by atoms with Gasteiger partial charge in [-0.25, -0.2) is 0 Å². The van der Waals surface area contributed by atoms with Crippen molar-refractivity contribution in [3.63, 3.8) is 0 Å². The van der Waals surface area contributed by atoms with Gasteiger partial charge in [-0.15, -0.1) is 23.5 Å². The number of hydrogen-bond donors (Lipinski definition) is 0. The summed E-state index contributed by atoms with van der Waals surface area (Å²) in [4.78, 5) is 0. The molecule has 0 N–H and O–H groups in total. The van der Waals surface area contributed by atoms with Crippen molar-refractivity contribution in [1.82, 2.24) is 0 Å². The van der Waals surface area contributed by atoms with Crippen LogP contribution < -0.4 is 0 Å². The average Bonchev–Trinajstić information content (AvgIpc) is 1.79. The molecule has 0 aromatic carbocycles. The van der Waals surface area contributed by atoms with Gasteiger partial charge in [0, 0.05) is 4.75 Å². The Balaban J connectivity index is 3.53. The topological polar surface area (TPSA) is 0 Å². The monoisotopic (exact) mass is 205 g/mol. The van der Waals surface area contributed by atoms with E-state index in [9.17, 15) is 0 Å². The van der Waals surface area contributed by atoms with Gasteiger partial charge in [-0.1, -0.05) is 34.6 Å². The highest BCUT2D eigenvalue weighted by atomic mass is 32.2. The van der Waals surface area contributed by atoms with E-state index in [0.717, 1.165) is 5.92 Å². The fraction of sp³-hybridized carbons (Fsp3) is 0.900. The van der Waals surface area contributed by atoms with Gasteiger partial charge in [0.15, 0.2) is 0 Å². The first-order valence-corrected chi connectivity index (χ1v) is 6.27. The third kappa shape index (κ3) is 8.79. The average molecular weight is 205 g/mol. The van der Waals surface area contributed by atoms with Gasteiger partial charge < -0.3 is 0 Å². The molecular weight excluding hydrogens is 184 g/mol. The standard InChI is InChI=1S/C10H21S2/c1-8(2)7-11-9(3)12-10(4,5)6/h8H,7H2,1-6H3. The maximum Gasteiger partial charge on any atom is 0.0822 e. The first-order chi connectivity index (χ1) is 5.31. The second kappa shape index (κ2) is 5.43. The van der Waals surface area contributed by atoms with Crippen LogP contribution in [-0.2, 0) is 0 Å². The minimum Gasteiger partial charge on any atom is -0.142 e. The molecule has 0 aliphatic rings. The summed E-state index contributed by atoms with van der Waals surface area (Å²) >= 11 is 3.97. The summed E-state index contributed by atoms with van der Waals surface area (Å²) in [6.45, 7) is 13.5. The van der Waals surface area contributed by atoms with Crippen molar-refractivity contribution >= 4 is 23.5 Å². The van der Waals surface area contributed by atoms with Crippen LogP contribution in [0.15, 0.2) is 0 Å². The van der Waals surface area contributed by atoms with E-state index in [2.05, 4.69) is 41.5 Å². The lowest BCUT2D eigenvalue weighted by Crippen LogP contribution is -2.08. The molecule has 0 saturated heterocycles. The van der Waals surface area contributed by atoms with Crippen LogP contribution >= 0.6 is 23.5 Å². The van der Waals surface area contributed by atoms with Crippen molar-refractivity contribution in [2.45, 2.75) is 46.3 Å². The van der Waals surface area contributed by atoms with Crippen LogP contribution in [0.25, 0.3) is 0 Å². The normalized spacial score (nSPS) is 13.0. The molecule has 0 bridgehead atoms. The summed E-state index contributed by atoms with van der Waals surface area (Å²) in [5.74, 6) is 2.04. The van der Waals surface area contributed by atoms with Gasteiger partial charge in [0.1, 0.15) is 0 Å². The lowest BCUT2D eigenvalue weighted by molar-refractivity contribution is 0.751. The van der Waals surface area contributed by atoms with Gasteiger partial charge in [-0.3, -0.25) is 0 Å². The number of thioether (sulfide) groups is 2. The highest BCUT2D eigenvalue weighted by molar-refractivity contribution is 8.21. The fourth-order valence-electron chi connectivity index (χ4n) is 0.745. The van der Waals surface area contributed by atoms with E-state index >= 15 is 0 Å². The van der Waals surface area contributed by atoms with Gasteiger partial charge in [0.05, 0.1) is 4.58 Å². The molecule has 0 aromatic rings. The smallest absolute Gasteiger partial charge is 0.0822 e. The predicted molar refractivity (Wildman–Crippen MR) is 63.6 cm³/mol. The quantitative estimate of drug-likeness (QED) is 0.666. The van der Waals surface area contributed by atoms with Crippen LogP contribution in [0.1, 0.15) is 41.5 Å². The van der Waals surface area contributed by atoms with Crippen LogP contribution in [0, 0.1) is 10.5 Å². The van der Waals surface area contributed by atoms with Crippen LogP contribution in [0.4, 0.5) is 0 Å². The zero-order chi connectivity index (χ0) is 9.78. The summed E-state index contributed by atoms with van der Waals surface area (Å²) in [5.41, 5.74) is 0. The molecule has 0 aliphatic carbocycles. The zero-order valence-electron chi connectivity index (χ0n) is 9.10. The second-order valence-electron chi connectivity index (χ2n) is 4.41. The maximum atomic E-state index is 2.27. The Morgan fingerprint density at radius 1 is 1.25 bits per heavy atom. The minimum atomic E-state index is 0.369. The molecule has 0 aliphatic heterocycles. The van der Waals surface area contributed by atoms with E-state index in [0.29, 0.717) is 4.75 Å². The van der Waals surface area contributed by atoms with Gasteiger partial charge in [0.25, 0.3) is 0 Å². The molecule has 73 valence electrons. The van der Waals surface area contributed by atoms with E-state index in [1.54, 1.807) is 0 Å². The van der Waals surface area contributed by atoms with Crippen LogP contribution in [0.5, 0.6) is 0 Å². The van der Waals surface area contributed by atoms with Crippen molar-refractivity contribution in [3.05, 3.63) is 4.58 Å². The summed E-state index contributed by atoms with van der Waals surface area (Å²) in [6.07, 6.45) is 0. The zero-order valence-corrected chi connectivity index (χ0v) is 10.7. The molecule has 0 nitrogen and oxygen atoms in total. The lowest BCUT2D eigenvalue weighted by atomic mass is 10.3. The SMILES string of the molecule is C[C](SCC(C)C)SC(C)(C)C. The Kier molecular flexibility index (Phi) is 5.75. The van der Waals surface area contributed by atoms with E-state index in [1.807, 2.05) is 23.5 Å². The van der Waals surface area contributed by atoms with E-state index in [4.69, 9.17) is 0 Å². The van der Waals surface area contributed by atoms with Gasteiger partial charge in [-0.2, -0.15) is 0 Å². The summed E-state index contributed by atoms with van der Waals surface area (Å²) in [5, 5.41) is 0. The Hall–Kier alpha value is 0.700. The fourth-order valence-corrected chi connectivity index (χ4v) is 3.36. The summed E-state index contributed by atoms with van der Waals surface area (Å²) in [6, 6.07) is 0. The van der Waals surface area contributed by atoms with Crippen LogP contribution in [-0.4, -0.2) is 10.5 Å². The largest absolute Gasteiger partial charge is 0.142 e. The second-order valence-corrected chi connectivity index (χ2v) is 7.94. The first kappa shape index (κ1) is 12.7. The van der Waals surface area contributed by atoms with Crippen molar-refractivity contribution in [3.8, 4) is 0 Å². The molecule has 0 rings (SSSR count). The highest BCUT2D eigenvalue weighted by Gasteiger charge is 2.16. The molecule has 0 unspecified atom stereocenters. The van der Waals surface area contributed by atoms with Crippen molar-refractivity contribution in [2.75, 3.05) is 5.75 Å². The molecule has 0 aromatic heterocycles. The maximum absolute atomic E-state index is 2.27. The Morgan fingerprint density at radius 2 is 1.75 bits per heavy atom. The van der Waals surface area contributed by atoms with Gasteiger partial charge >= 0.3 is 0 Å². The lowest BCUT2D eigenvalue weighted by Gasteiger charge is -2.22. The molecule has 2 heteroatoms. The number of rotatable bonds is 4. The summed E-state index contributed by atoms with van der Waals surface area (Å²) in [7, 11) is 0. The van der Waals surface area contributed by atoms with E-state index in [-0.39, 0.29) is 0 Å². The predicted octanol–water partition coefficient (Wildman–Crippen LogP) is 4.42. The summed E-state index contributed by atoms with van der Waals surface area (Å²) < 4.78 is 1.87. The van der Waals surface area contributed by atoms with Crippen molar-refractivity contribution in [1.29, 1.82) is 0 Å². The van der Waals surface area contributed by atoms with Gasteiger partial charge in [0.2, 0.25) is 0 Å². The Bertz CT molecular complexity index is 113. The minimum absolute atomic E-state index is 0.369. The first-order valence-electron chi connectivity index (χ1n) is 4.46. The molecule has 0 spiro atoms. The third-order valence-corrected chi connectivity index (χ3v) is 3.81. The Labute approximate surface area is 86.3 Å². The molecule has 0 atom stereocenters. The van der Waals surface area contributed by atoms with E-state index < -0.39 is 0 Å². The van der Waals surface area contributed by atoms with E-state index in [1.165, 1.54) is 10.3 Å². The molecular formula is C10H21S2. The molecule has 1 radical (unpaired) electrons. The van der Waals surface area contributed by atoms with Crippen molar-refractivity contribution in [2.24, 2.45) is 5.92 Å². The third-order valence-electron chi connectivity index (χ3n) is 1.07. The van der Waals surface area contributed by atoms with Crippen LogP contribution in [0.3, 0.4) is 0 Å².